The van der Waals surface area contributed by atoms with Crippen molar-refractivity contribution >= 4 is 43.2 Å². The summed E-state index contributed by atoms with van der Waals surface area (Å²) in [6.45, 7) is -0.0232. The second-order valence-electron chi connectivity index (χ2n) is 4.19. The molecule has 0 bridgehead atoms. The number of rotatable bonds is 4. The molecule has 0 aliphatic carbocycles. The van der Waals surface area contributed by atoms with Gasteiger partial charge in [0.1, 0.15) is 5.82 Å². The van der Waals surface area contributed by atoms with Gasteiger partial charge in [-0.05, 0) is 35.9 Å². The summed E-state index contributed by atoms with van der Waals surface area (Å²) >= 11 is 9.20. The molecule has 112 valence electrons. The van der Waals surface area contributed by atoms with E-state index in [0.717, 1.165) is 12.1 Å². The van der Waals surface area contributed by atoms with Gasteiger partial charge in [0.05, 0.1) is 15.6 Å². The van der Waals surface area contributed by atoms with Gasteiger partial charge in [0.25, 0.3) is 10.0 Å². The lowest BCUT2D eigenvalue weighted by atomic mass is 10.2. The summed E-state index contributed by atoms with van der Waals surface area (Å²) in [4.78, 5) is -0.205. The Morgan fingerprint density at radius 1 is 1.24 bits per heavy atom. The van der Waals surface area contributed by atoms with Gasteiger partial charge in [0, 0.05) is 11.0 Å². The number of sulfonamides is 1. The van der Waals surface area contributed by atoms with Crippen molar-refractivity contribution in [2.75, 3.05) is 4.72 Å². The molecule has 0 saturated carbocycles. The van der Waals surface area contributed by atoms with Crippen LogP contribution in [0.25, 0.3) is 0 Å². The van der Waals surface area contributed by atoms with Crippen molar-refractivity contribution < 1.29 is 12.8 Å². The first-order valence-corrected chi connectivity index (χ1v) is 8.45. The van der Waals surface area contributed by atoms with E-state index in [1.54, 1.807) is 12.1 Å². The van der Waals surface area contributed by atoms with Crippen LogP contribution in [0.3, 0.4) is 0 Å². The highest BCUT2D eigenvalue weighted by Crippen LogP contribution is 2.28. The fourth-order valence-corrected chi connectivity index (χ4v) is 3.84. The Kier molecular flexibility index (Phi) is 4.88. The summed E-state index contributed by atoms with van der Waals surface area (Å²) in [5.74, 6) is -0.658. The van der Waals surface area contributed by atoms with E-state index in [-0.39, 0.29) is 22.2 Å². The molecule has 0 aliphatic rings. The minimum Gasteiger partial charge on any atom is -0.326 e. The quantitative estimate of drug-likeness (QED) is 0.835. The second-order valence-corrected chi connectivity index (χ2v) is 7.16. The monoisotopic (exact) mass is 392 g/mol. The van der Waals surface area contributed by atoms with Crippen LogP contribution < -0.4 is 10.5 Å². The number of halogens is 3. The summed E-state index contributed by atoms with van der Waals surface area (Å²) in [7, 11) is -3.98. The molecule has 2 aromatic rings. The molecule has 2 rings (SSSR count). The van der Waals surface area contributed by atoms with Crippen LogP contribution >= 0.6 is 27.5 Å². The first kappa shape index (κ1) is 16.2. The Balaban J connectivity index is 2.45. The van der Waals surface area contributed by atoms with Crippen molar-refractivity contribution in [3.63, 3.8) is 0 Å². The number of hydrogen-bond donors (Lipinski definition) is 2. The fourth-order valence-electron chi connectivity index (χ4n) is 1.72. The molecule has 0 amide bonds. The Hall–Kier alpha value is -1.15. The maximum absolute atomic E-state index is 13.3. The minimum absolute atomic E-state index is 0.0232. The molecule has 0 saturated heterocycles. The van der Waals surface area contributed by atoms with E-state index in [2.05, 4.69) is 20.7 Å². The van der Waals surface area contributed by atoms with Gasteiger partial charge >= 0.3 is 0 Å². The van der Waals surface area contributed by atoms with Crippen LogP contribution in [0.2, 0.25) is 5.02 Å². The molecular formula is C13H11BrClFN2O2S. The zero-order valence-electron chi connectivity index (χ0n) is 10.6. The Bertz CT molecular complexity index is 784. The SMILES string of the molecule is NCc1ccc(F)cc1S(=O)(=O)Nc1ccc(Br)cc1Cl. The molecule has 0 atom stereocenters. The Labute approximate surface area is 135 Å². The molecule has 0 fully saturated rings. The number of anilines is 1. The van der Waals surface area contributed by atoms with Gasteiger partial charge in [-0.15, -0.1) is 0 Å². The van der Waals surface area contributed by atoms with E-state index >= 15 is 0 Å². The Morgan fingerprint density at radius 2 is 1.95 bits per heavy atom. The highest BCUT2D eigenvalue weighted by molar-refractivity contribution is 9.10. The fraction of sp³-hybridized carbons (Fsp3) is 0.0769. The van der Waals surface area contributed by atoms with Crippen molar-refractivity contribution in [1.82, 2.24) is 0 Å². The van der Waals surface area contributed by atoms with Crippen LogP contribution in [0.4, 0.5) is 10.1 Å². The lowest BCUT2D eigenvalue weighted by molar-refractivity contribution is 0.593. The Morgan fingerprint density at radius 3 is 2.57 bits per heavy atom. The van der Waals surface area contributed by atoms with Crippen LogP contribution in [0.15, 0.2) is 45.8 Å². The molecule has 21 heavy (non-hydrogen) atoms. The molecule has 0 aliphatic heterocycles. The maximum atomic E-state index is 13.3. The molecular weight excluding hydrogens is 383 g/mol. The molecule has 0 heterocycles. The third-order valence-corrected chi connectivity index (χ3v) is 4.97. The molecule has 8 heteroatoms. The molecule has 4 nitrogen and oxygen atoms in total. The molecule has 2 aromatic carbocycles. The average molecular weight is 394 g/mol. The molecule has 0 spiro atoms. The third kappa shape index (κ3) is 3.74. The number of nitrogens with one attached hydrogen (secondary N) is 1. The van der Waals surface area contributed by atoms with Gasteiger partial charge < -0.3 is 5.73 Å². The van der Waals surface area contributed by atoms with E-state index in [4.69, 9.17) is 17.3 Å². The number of benzene rings is 2. The van der Waals surface area contributed by atoms with Crippen molar-refractivity contribution in [2.45, 2.75) is 11.4 Å². The summed E-state index contributed by atoms with van der Waals surface area (Å²) in [5.41, 5.74) is 6.01. The van der Waals surface area contributed by atoms with Crippen LogP contribution in [-0.4, -0.2) is 8.42 Å². The van der Waals surface area contributed by atoms with Gasteiger partial charge in [0.15, 0.2) is 0 Å². The highest BCUT2D eigenvalue weighted by atomic mass is 79.9. The van der Waals surface area contributed by atoms with E-state index in [9.17, 15) is 12.8 Å². The maximum Gasteiger partial charge on any atom is 0.262 e. The minimum atomic E-state index is -3.98. The van der Waals surface area contributed by atoms with Gasteiger partial charge in [-0.25, -0.2) is 12.8 Å². The first-order chi connectivity index (χ1) is 9.83. The van der Waals surface area contributed by atoms with Crippen LogP contribution in [-0.2, 0) is 16.6 Å². The second kappa shape index (κ2) is 6.31. The smallest absolute Gasteiger partial charge is 0.262 e. The van der Waals surface area contributed by atoms with Gasteiger partial charge in [0.2, 0.25) is 0 Å². The predicted octanol–water partition coefficient (Wildman–Crippen LogP) is 3.50. The normalized spacial score (nSPS) is 11.4. The largest absolute Gasteiger partial charge is 0.326 e. The number of hydrogen-bond acceptors (Lipinski definition) is 3. The van der Waals surface area contributed by atoms with Crippen molar-refractivity contribution in [1.29, 1.82) is 0 Å². The standard InChI is InChI=1S/C13H11BrClFN2O2S/c14-9-2-4-12(11(15)5-9)18-21(19,20)13-6-10(16)3-1-8(13)7-17/h1-6,18H,7,17H2. The van der Waals surface area contributed by atoms with Crippen LogP contribution in [0.1, 0.15) is 5.56 Å². The summed E-state index contributed by atoms with van der Waals surface area (Å²) < 4.78 is 41.1. The van der Waals surface area contributed by atoms with Crippen molar-refractivity contribution in [3.8, 4) is 0 Å². The first-order valence-electron chi connectivity index (χ1n) is 5.80. The predicted molar refractivity (Wildman–Crippen MR) is 84.3 cm³/mol. The molecule has 0 radical (unpaired) electrons. The van der Waals surface area contributed by atoms with E-state index < -0.39 is 15.8 Å². The van der Waals surface area contributed by atoms with Crippen molar-refractivity contribution in [2.24, 2.45) is 5.73 Å². The van der Waals surface area contributed by atoms with E-state index in [0.29, 0.717) is 10.0 Å². The van der Waals surface area contributed by atoms with Gasteiger partial charge in [-0.1, -0.05) is 33.6 Å². The number of nitrogens with two attached hydrogens (primary N) is 1. The van der Waals surface area contributed by atoms with E-state index in [1.165, 1.54) is 12.1 Å². The van der Waals surface area contributed by atoms with Gasteiger partial charge in [-0.2, -0.15) is 0 Å². The third-order valence-electron chi connectivity index (χ3n) is 2.71. The summed E-state index contributed by atoms with van der Waals surface area (Å²) in [6.07, 6.45) is 0. The van der Waals surface area contributed by atoms with E-state index in [1.807, 2.05) is 0 Å². The highest BCUT2D eigenvalue weighted by Gasteiger charge is 2.20. The summed E-state index contributed by atoms with van der Waals surface area (Å²) in [6, 6.07) is 8.12. The zero-order valence-corrected chi connectivity index (χ0v) is 13.8. The molecule has 3 N–H and O–H groups in total. The average Bonchev–Trinajstić information content (AvgIpc) is 2.42. The summed E-state index contributed by atoms with van der Waals surface area (Å²) in [5, 5.41) is 0.221. The lowest BCUT2D eigenvalue weighted by Crippen LogP contribution is -2.17. The van der Waals surface area contributed by atoms with Crippen LogP contribution in [0, 0.1) is 5.82 Å². The van der Waals surface area contributed by atoms with Crippen LogP contribution in [0.5, 0.6) is 0 Å². The molecule has 0 aromatic heterocycles. The topological polar surface area (TPSA) is 72.2 Å². The molecule has 0 unspecified atom stereocenters. The van der Waals surface area contributed by atoms with Crippen molar-refractivity contribution in [3.05, 3.63) is 57.3 Å². The zero-order chi connectivity index (χ0) is 15.6. The lowest BCUT2D eigenvalue weighted by Gasteiger charge is -2.12. The van der Waals surface area contributed by atoms with Gasteiger partial charge in [-0.3, -0.25) is 4.72 Å².